The molecule has 5 heteroatoms. The minimum absolute atomic E-state index is 0.127. The van der Waals surface area contributed by atoms with Crippen molar-refractivity contribution in [1.29, 1.82) is 0 Å². The molecule has 1 N–H and O–H groups in total. The third kappa shape index (κ3) is 2.56. The van der Waals surface area contributed by atoms with Crippen LogP contribution in [-0.2, 0) is 0 Å². The highest BCUT2D eigenvalue weighted by Crippen LogP contribution is 2.18. The fraction of sp³-hybridized carbons (Fsp3) is 0.300. The number of amidine groups is 1. The van der Waals surface area contributed by atoms with Gasteiger partial charge in [-0.25, -0.2) is 0 Å². The number of nitrogens with zero attached hydrogens (tertiary/aromatic N) is 2. The summed E-state index contributed by atoms with van der Waals surface area (Å²) in [5.41, 5.74) is 0.604. The van der Waals surface area contributed by atoms with E-state index in [1.165, 1.54) is 0 Å². The Hall–Kier alpha value is -1.36. The van der Waals surface area contributed by atoms with Crippen LogP contribution in [0.15, 0.2) is 29.5 Å². The smallest absolute Gasteiger partial charge is 0.257 e. The number of aromatic nitrogens is 1. The zero-order chi connectivity index (χ0) is 10.7. The quantitative estimate of drug-likeness (QED) is 0.777. The monoisotopic (exact) mass is 221 g/mol. The van der Waals surface area contributed by atoms with E-state index in [9.17, 15) is 4.79 Å². The van der Waals surface area contributed by atoms with Crippen molar-refractivity contribution in [2.45, 2.75) is 12.2 Å². The van der Waals surface area contributed by atoms with Crippen molar-refractivity contribution in [2.75, 3.05) is 6.54 Å². The van der Waals surface area contributed by atoms with Gasteiger partial charge in [0.25, 0.3) is 5.91 Å². The van der Waals surface area contributed by atoms with Crippen LogP contribution in [0.5, 0.6) is 0 Å². The summed E-state index contributed by atoms with van der Waals surface area (Å²) in [6.07, 6.45) is 3.20. The summed E-state index contributed by atoms with van der Waals surface area (Å²) < 4.78 is 0. The number of hydrogen-bond donors (Lipinski definition) is 1. The van der Waals surface area contributed by atoms with Crippen LogP contribution in [0.1, 0.15) is 17.3 Å². The van der Waals surface area contributed by atoms with Crippen LogP contribution in [0.3, 0.4) is 0 Å². The first-order chi connectivity index (χ1) is 7.25. The summed E-state index contributed by atoms with van der Waals surface area (Å²) in [5, 5.41) is 3.94. The number of hydrogen-bond acceptors (Lipinski definition) is 4. The molecular formula is C10H11N3OS. The molecule has 1 aromatic heterocycles. The second-order valence-electron chi connectivity index (χ2n) is 3.26. The lowest BCUT2D eigenvalue weighted by Gasteiger charge is -2.03. The van der Waals surface area contributed by atoms with Crippen LogP contribution in [0.25, 0.3) is 0 Å². The molecule has 2 heterocycles. The first kappa shape index (κ1) is 10.2. The van der Waals surface area contributed by atoms with Gasteiger partial charge in [0.05, 0.1) is 6.54 Å². The van der Waals surface area contributed by atoms with E-state index in [1.54, 1.807) is 36.3 Å². The average Bonchev–Trinajstić information content (AvgIpc) is 2.65. The Kier molecular flexibility index (Phi) is 3.01. The fourth-order valence-corrected chi connectivity index (χ4v) is 2.05. The number of thioether (sulfide) groups is 1. The standard InChI is InChI=1S/C10H11N3OS/c1-7-6-12-10(15-7)13-9(14)8-2-4-11-5-3-8/h2-5,7H,6H2,1H3,(H,12,13,14). The van der Waals surface area contributed by atoms with E-state index in [4.69, 9.17) is 0 Å². The Labute approximate surface area is 92.2 Å². The van der Waals surface area contributed by atoms with Crippen molar-refractivity contribution < 1.29 is 4.79 Å². The van der Waals surface area contributed by atoms with Gasteiger partial charge in [-0.3, -0.25) is 14.8 Å². The number of nitrogens with one attached hydrogen (secondary N) is 1. The van der Waals surface area contributed by atoms with Crippen molar-refractivity contribution in [1.82, 2.24) is 10.3 Å². The molecule has 0 aromatic carbocycles. The van der Waals surface area contributed by atoms with E-state index in [0.29, 0.717) is 16.0 Å². The molecule has 15 heavy (non-hydrogen) atoms. The average molecular weight is 221 g/mol. The summed E-state index contributed by atoms with van der Waals surface area (Å²) in [4.78, 5) is 19.7. The van der Waals surface area contributed by atoms with Crippen LogP contribution in [-0.4, -0.2) is 27.9 Å². The Balaban J connectivity index is 1.99. The zero-order valence-electron chi connectivity index (χ0n) is 8.30. The van der Waals surface area contributed by atoms with Crippen LogP contribution in [0.2, 0.25) is 0 Å². The van der Waals surface area contributed by atoms with E-state index < -0.39 is 0 Å². The second-order valence-corrected chi connectivity index (χ2v) is 4.69. The Morgan fingerprint density at radius 2 is 2.27 bits per heavy atom. The lowest BCUT2D eigenvalue weighted by Crippen LogP contribution is -2.27. The van der Waals surface area contributed by atoms with Gasteiger partial charge >= 0.3 is 0 Å². The summed E-state index contributed by atoms with van der Waals surface area (Å²) in [6.45, 7) is 2.86. The Morgan fingerprint density at radius 3 is 2.87 bits per heavy atom. The lowest BCUT2D eigenvalue weighted by atomic mass is 10.2. The van der Waals surface area contributed by atoms with E-state index >= 15 is 0 Å². The number of amides is 1. The number of carbonyl (C=O) groups is 1. The molecule has 1 amide bonds. The molecule has 1 aliphatic heterocycles. The summed E-state index contributed by atoms with van der Waals surface area (Å²) in [7, 11) is 0. The summed E-state index contributed by atoms with van der Waals surface area (Å²) in [5.74, 6) is -0.127. The van der Waals surface area contributed by atoms with E-state index in [0.717, 1.165) is 6.54 Å². The van der Waals surface area contributed by atoms with Crippen molar-refractivity contribution in [3.05, 3.63) is 30.1 Å². The molecule has 1 unspecified atom stereocenters. The van der Waals surface area contributed by atoms with E-state index in [2.05, 4.69) is 22.2 Å². The van der Waals surface area contributed by atoms with Crippen molar-refractivity contribution in [2.24, 2.45) is 4.99 Å². The predicted octanol–water partition coefficient (Wildman–Crippen LogP) is 1.30. The molecule has 0 spiro atoms. The molecule has 0 saturated carbocycles. The molecule has 1 atom stereocenters. The van der Waals surface area contributed by atoms with Gasteiger partial charge in [0.1, 0.15) is 0 Å². The molecule has 1 aromatic rings. The first-order valence-electron chi connectivity index (χ1n) is 4.68. The highest BCUT2D eigenvalue weighted by atomic mass is 32.2. The van der Waals surface area contributed by atoms with Crippen LogP contribution in [0, 0.1) is 0 Å². The van der Waals surface area contributed by atoms with Crippen LogP contribution < -0.4 is 5.32 Å². The maximum absolute atomic E-state index is 11.7. The van der Waals surface area contributed by atoms with Crippen molar-refractivity contribution >= 4 is 22.8 Å². The molecule has 0 radical (unpaired) electrons. The molecule has 1 aliphatic rings. The molecule has 0 bridgehead atoms. The van der Waals surface area contributed by atoms with Gasteiger partial charge in [-0.15, -0.1) is 0 Å². The Morgan fingerprint density at radius 1 is 1.53 bits per heavy atom. The van der Waals surface area contributed by atoms with Gasteiger partial charge in [0.2, 0.25) is 0 Å². The molecule has 78 valence electrons. The van der Waals surface area contributed by atoms with Gasteiger partial charge < -0.3 is 5.32 Å². The maximum Gasteiger partial charge on any atom is 0.257 e. The van der Waals surface area contributed by atoms with E-state index in [1.807, 2.05) is 0 Å². The van der Waals surface area contributed by atoms with Crippen LogP contribution >= 0.6 is 11.8 Å². The Bertz CT molecular complexity index is 391. The molecule has 0 aliphatic carbocycles. The molecule has 2 rings (SSSR count). The van der Waals surface area contributed by atoms with Gasteiger partial charge in [-0.2, -0.15) is 0 Å². The SMILES string of the molecule is CC1CN=C(NC(=O)c2ccncc2)S1. The largest absolute Gasteiger partial charge is 0.301 e. The van der Waals surface area contributed by atoms with E-state index in [-0.39, 0.29) is 5.91 Å². The lowest BCUT2D eigenvalue weighted by molar-refractivity contribution is 0.0978. The second kappa shape index (κ2) is 4.44. The summed E-state index contributed by atoms with van der Waals surface area (Å²) >= 11 is 1.59. The number of carbonyl (C=O) groups excluding carboxylic acids is 1. The third-order valence-electron chi connectivity index (χ3n) is 1.97. The minimum atomic E-state index is -0.127. The summed E-state index contributed by atoms with van der Waals surface area (Å²) in [6, 6.07) is 3.36. The molecule has 0 fully saturated rings. The van der Waals surface area contributed by atoms with Gasteiger partial charge in [-0.05, 0) is 12.1 Å². The number of aliphatic imine (C=N–C) groups is 1. The maximum atomic E-state index is 11.7. The number of rotatable bonds is 1. The van der Waals surface area contributed by atoms with Gasteiger partial charge in [0, 0.05) is 23.2 Å². The topological polar surface area (TPSA) is 54.4 Å². The normalized spacial score (nSPS) is 19.8. The highest BCUT2D eigenvalue weighted by molar-refractivity contribution is 8.14. The van der Waals surface area contributed by atoms with Gasteiger partial charge in [-0.1, -0.05) is 18.7 Å². The molecular weight excluding hydrogens is 210 g/mol. The first-order valence-corrected chi connectivity index (χ1v) is 5.56. The number of pyridine rings is 1. The van der Waals surface area contributed by atoms with Crippen LogP contribution in [0.4, 0.5) is 0 Å². The minimum Gasteiger partial charge on any atom is -0.301 e. The van der Waals surface area contributed by atoms with Crippen molar-refractivity contribution in [3.63, 3.8) is 0 Å². The van der Waals surface area contributed by atoms with Gasteiger partial charge in [0.15, 0.2) is 5.17 Å². The molecule has 4 nitrogen and oxygen atoms in total. The fourth-order valence-electron chi connectivity index (χ4n) is 1.22. The molecule has 0 saturated heterocycles. The highest BCUT2D eigenvalue weighted by Gasteiger charge is 2.17. The van der Waals surface area contributed by atoms with Crippen molar-refractivity contribution in [3.8, 4) is 0 Å². The predicted molar refractivity (Wildman–Crippen MR) is 61.1 cm³/mol. The third-order valence-corrected chi connectivity index (χ3v) is 2.97. The zero-order valence-corrected chi connectivity index (χ0v) is 9.12.